The van der Waals surface area contributed by atoms with Crippen molar-refractivity contribution in [3.05, 3.63) is 0 Å². The highest BCUT2D eigenvalue weighted by molar-refractivity contribution is 8.04. The Kier molecular flexibility index (Phi) is 3.66. The Balaban J connectivity index is 1.69. The van der Waals surface area contributed by atoms with Crippen molar-refractivity contribution in [2.45, 2.75) is 36.8 Å². The third-order valence-corrected chi connectivity index (χ3v) is 5.56. The van der Waals surface area contributed by atoms with Gasteiger partial charge in [-0.2, -0.15) is 0 Å². The van der Waals surface area contributed by atoms with E-state index >= 15 is 0 Å². The summed E-state index contributed by atoms with van der Waals surface area (Å²) < 4.78 is 0. The fraction of sp³-hybridized carbons (Fsp3) is 0.900. The van der Waals surface area contributed by atoms with Crippen molar-refractivity contribution in [3.63, 3.8) is 0 Å². The van der Waals surface area contributed by atoms with Crippen LogP contribution in [0.3, 0.4) is 0 Å². The lowest BCUT2D eigenvalue weighted by molar-refractivity contribution is -0.139. The Morgan fingerprint density at radius 2 is 2.43 bits per heavy atom. The first kappa shape index (κ1) is 10.7. The highest BCUT2D eigenvalue weighted by Gasteiger charge is 2.50. The Bertz CT molecular complexity index is 222. The summed E-state index contributed by atoms with van der Waals surface area (Å²) in [6, 6.07) is 0. The molecule has 2 atom stereocenters. The lowest BCUT2D eigenvalue weighted by Crippen LogP contribution is -2.58. The first-order valence-electron chi connectivity index (χ1n) is 5.38. The Hall–Kier alpha value is 0.170. The van der Waals surface area contributed by atoms with Crippen LogP contribution < -0.4 is 0 Å². The lowest BCUT2D eigenvalue weighted by atomic mass is 10.2. The van der Waals surface area contributed by atoms with Gasteiger partial charge in [0.15, 0.2) is 0 Å². The zero-order chi connectivity index (χ0) is 9.97. The lowest BCUT2D eigenvalue weighted by Gasteiger charge is -2.41. The SMILES string of the molecule is CCCCCSC1C(=O)N2CCSC12. The highest BCUT2D eigenvalue weighted by Crippen LogP contribution is 2.41. The molecule has 14 heavy (non-hydrogen) atoms. The van der Waals surface area contributed by atoms with E-state index in [-0.39, 0.29) is 0 Å². The van der Waals surface area contributed by atoms with Crippen LogP contribution in [-0.2, 0) is 4.79 Å². The molecule has 2 aliphatic rings. The van der Waals surface area contributed by atoms with Gasteiger partial charge in [0.1, 0.15) is 5.25 Å². The van der Waals surface area contributed by atoms with Crippen molar-refractivity contribution in [2.75, 3.05) is 18.1 Å². The summed E-state index contributed by atoms with van der Waals surface area (Å²) in [6.07, 6.45) is 3.83. The predicted octanol–water partition coefficient (Wildman–Crippen LogP) is 2.19. The third kappa shape index (κ3) is 1.91. The van der Waals surface area contributed by atoms with Crippen LogP contribution in [0.5, 0.6) is 0 Å². The zero-order valence-corrected chi connectivity index (χ0v) is 10.2. The predicted molar refractivity (Wildman–Crippen MR) is 63.7 cm³/mol. The van der Waals surface area contributed by atoms with Crippen LogP contribution in [0.1, 0.15) is 26.2 Å². The van der Waals surface area contributed by atoms with Crippen LogP contribution in [0.25, 0.3) is 0 Å². The van der Waals surface area contributed by atoms with Crippen LogP contribution in [0.2, 0.25) is 0 Å². The van der Waals surface area contributed by atoms with E-state index in [1.165, 1.54) is 19.3 Å². The Morgan fingerprint density at radius 3 is 3.21 bits per heavy atom. The molecule has 2 rings (SSSR count). The minimum absolute atomic E-state index is 0.291. The molecule has 2 nitrogen and oxygen atoms in total. The summed E-state index contributed by atoms with van der Waals surface area (Å²) >= 11 is 3.83. The van der Waals surface area contributed by atoms with Gasteiger partial charge in [0.2, 0.25) is 5.91 Å². The molecule has 0 radical (unpaired) electrons. The second-order valence-electron chi connectivity index (χ2n) is 3.79. The average Bonchev–Trinajstić information content (AvgIpc) is 2.62. The summed E-state index contributed by atoms with van der Waals surface area (Å²) in [5.74, 6) is 2.69. The molecule has 4 heteroatoms. The van der Waals surface area contributed by atoms with Crippen molar-refractivity contribution in [3.8, 4) is 0 Å². The van der Waals surface area contributed by atoms with E-state index in [0.717, 1.165) is 18.1 Å². The number of thioether (sulfide) groups is 2. The van der Waals surface area contributed by atoms with Crippen molar-refractivity contribution in [1.29, 1.82) is 0 Å². The summed E-state index contributed by atoms with van der Waals surface area (Å²) in [5, 5.41) is 0.813. The van der Waals surface area contributed by atoms with E-state index in [0.29, 0.717) is 16.5 Å². The second-order valence-corrected chi connectivity index (χ2v) is 6.27. The summed E-state index contributed by atoms with van der Waals surface area (Å²) in [7, 11) is 0. The van der Waals surface area contributed by atoms with Crippen LogP contribution in [0.4, 0.5) is 0 Å². The maximum atomic E-state index is 11.6. The average molecular weight is 231 g/mol. The number of carbonyl (C=O) groups is 1. The van der Waals surface area contributed by atoms with E-state index in [1.54, 1.807) is 0 Å². The summed E-state index contributed by atoms with van der Waals surface area (Å²) in [5.41, 5.74) is 0. The number of fused-ring (bicyclic) bond motifs is 1. The van der Waals surface area contributed by atoms with E-state index in [4.69, 9.17) is 0 Å². The molecule has 0 N–H and O–H groups in total. The Morgan fingerprint density at radius 1 is 1.57 bits per heavy atom. The minimum Gasteiger partial charge on any atom is -0.327 e. The molecule has 0 aromatic carbocycles. The van der Waals surface area contributed by atoms with Gasteiger partial charge in [-0.1, -0.05) is 19.8 Å². The molecule has 2 heterocycles. The van der Waals surface area contributed by atoms with Crippen LogP contribution in [0.15, 0.2) is 0 Å². The summed E-state index contributed by atoms with van der Waals surface area (Å²) in [6.45, 7) is 3.20. The first-order valence-corrected chi connectivity index (χ1v) is 7.48. The van der Waals surface area contributed by atoms with Gasteiger partial charge in [-0.15, -0.1) is 23.5 Å². The van der Waals surface area contributed by atoms with Gasteiger partial charge in [-0.3, -0.25) is 4.79 Å². The van der Waals surface area contributed by atoms with Crippen molar-refractivity contribution in [2.24, 2.45) is 0 Å². The molecule has 2 saturated heterocycles. The van der Waals surface area contributed by atoms with Crippen molar-refractivity contribution in [1.82, 2.24) is 4.90 Å². The van der Waals surface area contributed by atoms with E-state index in [1.807, 2.05) is 28.4 Å². The first-order chi connectivity index (χ1) is 6.84. The summed E-state index contributed by atoms with van der Waals surface area (Å²) in [4.78, 5) is 13.6. The van der Waals surface area contributed by atoms with Gasteiger partial charge in [-0.05, 0) is 12.2 Å². The number of hydrogen-bond donors (Lipinski definition) is 0. The number of unbranched alkanes of at least 4 members (excludes halogenated alkanes) is 2. The van der Waals surface area contributed by atoms with E-state index < -0.39 is 0 Å². The number of carbonyl (C=O) groups excluding carboxylic acids is 1. The number of nitrogens with zero attached hydrogens (tertiary/aromatic N) is 1. The van der Waals surface area contributed by atoms with Crippen molar-refractivity contribution < 1.29 is 4.79 Å². The molecular formula is C10H17NOS2. The molecule has 0 saturated carbocycles. The Labute approximate surface area is 94.2 Å². The molecule has 2 unspecified atom stereocenters. The number of rotatable bonds is 5. The molecule has 1 amide bonds. The standard InChI is InChI=1S/C10H17NOS2/c1-2-3-4-6-13-8-9(12)11-5-7-14-10(8)11/h8,10H,2-7H2,1H3. The van der Waals surface area contributed by atoms with Gasteiger partial charge in [-0.25, -0.2) is 0 Å². The maximum Gasteiger partial charge on any atom is 0.239 e. The number of β-lactam (4-membered cyclic amide) rings is 1. The fourth-order valence-electron chi connectivity index (χ4n) is 1.89. The molecule has 0 aliphatic carbocycles. The monoisotopic (exact) mass is 231 g/mol. The molecule has 2 fully saturated rings. The van der Waals surface area contributed by atoms with E-state index in [2.05, 4.69) is 6.92 Å². The van der Waals surface area contributed by atoms with Crippen LogP contribution in [-0.4, -0.2) is 39.5 Å². The topological polar surface area (TPSA) is 20.3 Å². The normalized spacial score (nSPS) is 30.4. The zero-order valence-electron chi connectivity index (χ0n) is 8.57. The number of hydrogen-bond acceptors (Lipinski definition) is 3. The quantitative estimate of drug-likeness (QED) is 0.534. The van der Waals surface area contributed by atoms with Crippen LogP contribution >= 0.6 is 23.5 Å². The largest absolute Gasteiger partial charge is 0.327 e. The van der Waals surface area contributed by atoms with Gasteiger partial charge < -0.3 is 4.90 Å². The molecular weight excluding hydrogens is 214 g/mol. The maximum absolute atomic E-state index is 11.6. The molecule has 0 aromatic heterocycles. The van der Waals surface area contributed by atoms with Gasteiger partial charge >= 0.3 is 0 Å². The van der Waals surface area contributed by atoms with E-state index in [9.17, 15) is 4.79 Å². The third-order valence-electron chi connectivity index (χ3n) is 2.76. The number of amides is 1. The van der Waals surface area contributed by atoms with Gasteiger partial charge in [0, 0.05) is 12.3 Å². The molecule has 2 aliphatic heterocycles. The highest BCUT2D eigenvalue weighted by atomic mass is 32.2. The smallest absolute Gasteiger partial charge is 0.239 e. The molecule has 0 aromatic rings. The molecule has 80 valence electrons. The fourth-order valence-corrected chi connectivity index (χ4v) is 4.80. The molecule has 0 bridgehead atoms. The van der Waals surface area contributed by atoms with Gasteiger partial charge in [0.25, 0.3) is 0 Å². The van der Waals surface area contributed by atoms with Gasteiger partial charge in [0.05, 0.1) is 5.37 Å². The molecule has 0 spiro atoms. The van der Waals surface area contributed by atoms with Crippen molar-refractivity contribution >= 4 is 29.4 Å². The minimum atomic E-state index is 0.291. The second kappa shape index (κ2) is 4.79. The van der Waals surface area contributed by atoms with Crippen LogP contribution in [0, 0.1) is 0 Å².